The van der Waals surface area contributed by atoms with E-state index in [2.05, 4.69) is 5.32 Å². The van der Waals surface area contributed by atoms with Crippen molar-refractivity contribution < 1.29 is 27.9 Å². The standard InChI is InChI=1S/C22H22F3N3O4/c1-10-3-4-13-8-27(11(10)2)22(32)18-20(30)19(29)15(9-28(13)18)21(31)26-7-14-16(24)5-12(23)6-17(14)25/h5-6,9-11,13,30H,3-4,7-8H2,1-2H3,(H,26,31)/t10?,11-,13-/m0/s1. The predicted octanol–water partition coefficient (Wildman–Crippen LogP) is 2.72. The molecule has 1 saturated heterocycles. The maximum absolute atomic E-state index is 13.8. The number of fused-ring (bicyclic) bond motifs is 4. The number of carbonyl (C=O) groups is 2. The Morgan fingerprint density at radius 3 is 2.47 bits per heavy atom. The lowest BCUT2D eigenvalue weighted by molar-refractivity contribution is 0.0570. The molecular weight excluding hydrogens is 427 g/mol. The van der Waals surface area contributed by atoms with E-state index in [-0.39, 0.29) is 23.7 Å². The zero-order valence-electron chi connectivity index (χ0n) is 17.5. The molecule has 7 nitrogen and oxygen atoms in total. The Kier molecular flexibility index (Phi) is 5.47. The molecule has 1 unspecified atom stereocenters. The monoisotopic (exact) mass is 449 g/mol. The molecule has 0 spiro atoms. The minimum Gasteiger partial charge on any atom is -0.503 e. The first-order chi connectivity index (χ1) is 15.1. The van der Waals surface area contributed by atoms with Crippen molar-refractivity contribution in [3.8, 4) is 5.75 Å². The Labute approximate surface area is 181 Å². The molecule has 3 heterocycles. The first-order valence-corrected chi connectivity index (χ1v) is 10.3. The van der Waals surface area contributed by atoms with E-state index in [0.717, 1.165) is 6.42 Å². The molecule has 2 aliphatic heterocycles. The first-order valence-electron chi connectivity index (χ1n) is 10.3. The maximum Gasteiger partial charge on any atom is 0.274 e. The highest BCUT2D eigenvalue weighted by atomic mass is 19.1. The number of aromatic nitrogens is 1. The van der Waals surface area contributed by atoms with Crippen LogP contribution in [-0.2, 0) is 6.54 Å². The molecule has 1 aromatic heterocycles. The average Bonchev–Trinajstić information content (AvgIpc) is 2.85. The molecule has 3 atom stereocenters. The van der Waals surface area contributed by atoms with Crippen LogP contribution >= 0.6 is 0 Å². The summed E-state index contributed by atoms with van der Waals surface area (Å²) in [4.78, 5) is 40.0. The van der Waals surface area contributed by atoms with Gasteiger partial charge in [-0.2, -0.15) is 0 Å². The quantitative estimate of drug-likeness (QED) is 0.754. The van der Waals surface area contributed by atoms with Gasteiger partial charge in [0.1, 0.15) is 23.0 Å². The fourth-order valence-corrected chi connectivity index (χ4v) is 4.41. The summed E-state index contributed by atoms with van der Waals surface area (Å²) >= 11 is 0. The van der Waals surface area contributed by atoms with E-state index in [1.165, 1.54) is 10.8 Å². The SMILES string of the molecule is CC1CC[C@H]2CN(C(=O)c3c(O)c(=O)c(C(=O)NCc4c(F)cc(F)cc4F)cn32)[C@H]1C. The first kappa shape index (κ1) is 21.9. The second-order valence-corrected chi connectivity index (χ2v) is 8.41. The molecule has 2 N–H and O–H groups in total. The Morgan fingerprint density at radius 1 is 1.16 bits per heavy atom. The van der Waals surface area contributed by atoms with E-state index in [1.54, 1.807) is 4.90 Å². The number of hydrogen-bond donors (Lipinski definition) is 2. The molecule has 4 rings (SSSR count). The van der Waals surface area contributed by atoms with Crippen molar-refractivity contribution in [2.75, 3.05) is 6.54 Å². The summed E-state index contributed by atoms with van der Waals surface area (Å²) in [5.41, 5.74) is -2.25. The van der Waals surface area contributed by atoms with Crippen molar-refractivity contribution in [1.29, 1.82) is 0 Å². The van der Waals surface area contributed by atoms with Crippen molar-refractivity contribution in [3.05, 3.63) is 62.8 Å². The van der Waals surface area contributed by atoms with Crippen molar-refractivity contribution in [3.63, 3.8) is 0 Å². The van der Waals surface area contributed by atoms with Crippen molar-refractivity contribution in [1.82, 2.24) is 14.8 Å². The Morgan fingerprint density at radius 2 is 1.81 bits per heavy atom. The molecule has 10 heteroatoms. The molecule has 2 amide bonds. The van der Waals surface area contributed by atoms with Gasteiger partial charge in [-0.25, -0.2) is 13.2 Å². The van der Waals surface area contributed by atoms with Crippen LogP contribution in [0.15, 0.2) is 23.1 Å². The summed E-state index contributed by atoms with van der Waals surface area (Å²) in [5, 5.41) is 12.7. The Bertz CT molecular complexity index is 1160. The summed E-state index contributed by atoms with van der Waals surface area (Å²) in [6.45, 7) is 3.70. The molecule has 2 aromatic rings. The van der Waals surface area contributed by atoms with Crippen molar-refractivity contribution >= 4 is 11.8 Å². The summed E-state index contributed by atoms with van der Waals surface area (Å²) in [6.07, 6.45) is 2.70. The van der Waals surface area contributed by atoms with Crippen LogP contribution in [0.5, 0.6) is 5.75 Å². The van der Waals surface area contributed by atoms with E-state index in [1.807, 2.05) is 13.8 Å². The summed E-state index contributed by atoms with van der Waals surface area (Å²) < 4.78 is 42.2. The van der Waals surface area contributed by atoms with Gasteiger partial charge in [-0.05, 0) is 25.7 Å². The maximum atomic E-state index is 13.8. The van der Waals surface area contributed by atoms with Crippen molar-refractivity contribution in [2.45, 2.75) is 45.3 Å². The molecule has 1 aromatic carbocycles. The average molecular weight is 449 g/mol. The van der Waals surface area contributed by atoms with E-state index >= 15 is 0 Å². The highest BCUT2D eigenvalue weighted by Gasteiger charge is 2.40. The number of benzene rings is 1. The summed E-state index contributed by atoms with van der Waals surface area (Å²) in [7, 11) is 0. The van der Waals surface area contributed by atoms with Crippen LogP contribution in [0.2, 0.25) is 0 Å². The van der Waals surface area contributed by atoms with Gasteiger partial charge in [0.25, 0.3) is 11.8 Å². The van der Waals surface area contributed by atoms with E-state index in [9.17, 15) is 32.7 Å². The highest BCUT2D eigenvalue weighted by molar-refractivity contribution is 5.99. The summed E-state index contributed by atoms with van der Waals surface area (Å²) in [5.74, 6) is -5.54. The largest absolute Gasteiger partial charge is 0.503 e. The molecule has 0 saturated carbocycles. The smallest absolute Gasteiger partial charge is 0.274 e. The number of nitrogens with zero attached hydrogens (tertiary/aromatic N) is 2. The number of rotatable bonds is 3. The number of halogens is 3. The van der Waals surface area contributed by atoms with Crippen LogP contribution in [-0.4, -0.2) is 39.0 Å². The molecule has 32 heavy (non-hydrogen) atoms. The second kappa shape index (κ2) is 7.99. The minimum absolute atomic E-state index is 0.0702. The van der Waals surface area contributed by atoms with Gasteiger partial charge in [0.2, 0.25) is 5.43 Å². The van der Waals surface area contributed by atoms with Gasteiger partial charge in [-0.3, -0.25) is 14.4 Å². The lowest BCUT2D eigenvalue weighted by Crippen LogP contribution is -2.48. The zero-order chi connectivity index (χ0) is 23.3. The third-order valence-corrected chi connectivity index (χ3v) is 6.52. The van der Waals surface area contributed by atoms with Crippen molar-refractivity contribution in [2.24, 2.45) is 5.92 Å². The lowest BCUT2D eigenvalue weighted by atomic mass is 9.98. The lowest BCUT2D eigenvalue weighted by Gasteiger charge is -2.38. The van der Waals surface area contributed by atoms with Crippen LogP contribution < -0.4 is 10.7 Å². The highest BCUT2D eigenvalue weighted by Crippen LogP contribution is 2.36. The Balaban J connectivity index is 1.68. The number of carbonyl (C=O) groups excluding carboxylic acids is 2. The van der Waals surface area contributed by atoms with Crippen LogP contribution in [0.3, 0.4) is 0 Å². The number of hydrogen-bond acceptors (Lipinski definition) is 4. The Hall–Kier alpha value is -3.30. The number of amides is 2. The van der Waals surface area contributed by atoms with Gasteiger partial charge in [0.05, 0.1) is 6.04 Å². The topological polar surface area (TPSA) is 91.6 Å². The predicted molar refractivity (Wildman–Crippen MR) is 108 cm³/mol. The van der Waals surface area contributed by atoms with Gasteiger partial charge in [-0.15, -0.1) is 0 Å². The number of nitrogens with one attached hydrogen (secondary N) is 1. The van der Waals surface area contributed by atoms with Gasteiger partial charge in [-0.1, -0.05) is 6.92 Å². The van der Waals surface area contributed by atoms with Crippen LogP contribution in [0, 0.1) is 23.4 Å². The van der Waals surface area contributed by atoms with Crippen LogP contribution in [0.1, 0.15) is 59.1 Å². The third-order valence-electron chi connectivity index (χ3n) is 6.52. The van der Waals surface area contributed by atoms with E-state index in [0.29, 0.717) is 25.1 Å². The van der Waals surface area contributed by atoms with Gasteiger partial charge in [0.15, 0.2) is 11.4 Å². The number of aromatic hydroxyl groups is 1. The third kappa shape index (κ3) is 3.53. The molecular formula is C22H22F3N3O4. The zero-order valence-corrected chi connectivity index (χ0v) is 17.5. The molecule has 0 aliphatic carbocycles. The van der Waals surface area contributed by atoms with E-state index in [4.69, 9.17) is 0 Å². The van der Waals surface area contributed by atoms with Crippen LogP contribution in [0.4, 0.5) is 13.2 Å². The fourth-order valence-electron chi connectivity index (χ4n) is 4.41. The molecule has 2 aliphatic rings. The molecule has 2 bridgehead atoms. The van der Waals surface area contributed by atoms with E-state index < -0.39 is 58.1 Å². The van der Waals surface area contributed by atoms with Crippen LogP contribution in [0.25, 0.3) is 0 Å². The molecule has 1 fully saturated rings. The molecule has 0 radical (unpaired) electrons. The number of pyridine rings is 1. The molecule has 170 valence electrons. The van der Waals surface area contributed by atoms with Gasteiger partial charge >= 0.3 is 0 Å². The van der Waals surface area contributed by atoms with Gasteiger partial charge in [0, 0.05) is 43.0 Å². The normalized spacial score (nSPS) is 22.3. The summed E-state index contributed by atoms with van der Waals surface area (Å²) in [6, 6.07) is 0.657. The van der Waals surface area contributed by atoms with Gasteiger partial charge < -0.3 is 19.9 Å². The minimum atomic E-state index is -1.18. The second-order valence-electron chi connectivity index (χ2n) is 8.41. The fraction of sp³-hybridized carbons (Fsp3) is 0.409.